The number of hydrogen-bond acceptors (Lipinski definition) is 4. The highest BCUT2D eigenvalue weighted by Crippen LogP contribution is 2.36. The quantitative estimate of drug-likeness (QED) is 0.573. The van der Waals surface area contributed by atoms with Crippen molar-refractivity contribution in [2.24, 2.45) is 0 Å². The van der Waals surface area contributed by atoms with E-state index in [0.717, 1.165) is 11.1 Å². The van der Waals surface area contributed by atoms with E-state index in [4.69, 9.17) is 11.6 Å². The largest absolute Gasteiger partial charge is 0.359 e. The minimum atomic E-state index is -4.08. The summed E-state index contributed by atoms with van der Waals surface area (Å²) in [5.41, 5.74) is 3.13. The van der Waals surface area contributed by atoms with Crippen molar-refractivity contribution in [3.05, 3.63) is 106 Å². The van der Waals surface area contributed by atoms with E-state index in [2.05, 4.69) is 5.32 Å². The molecule has 1 N–H and O–H groups in total. The van der Waals surface area contributed by atoms with Crippen LogP contribution in [-0.2, 0) is 16.6 Å². The average molecular weight is 439 g/mol. The topological polar surface area (TPSA) is 66.5 Å². The predicted molar refractivity (Wildman–Crippen MR) is 120 cm³/mol. The number of sulfonamides is 1. The molecule has 1 heterocycles. The summed E-state index contributed by atoms with van der Waals surface area (Å²) in [6, 6.07) is 21.3. The first-order valence-electron chi connectivity index (χ1n) is 9.31. The molecule has 0 saturated carbocycles. The van der Waals surface area contributed by atoms with Crippen LogP contribution in [0.15, 0.2) is 83.9 Å². The molecular formula is C23H19ClN2O3S. The third-order valence-corrected chi connectivity index (χ3v) is 6.98. The second-order valence-electron chi connectivity index (χ2n) is 6.98. The Kier molecular flexibility index (Phi) is 5.37. The Morgan fingerprint density at radius 3 is 2.37 bits per heavy atom. The lowest BCUT2D eigenvalue weighted by Gasteiger charge is -2.31. The standard InChI is InChI=1S/C23H19ClN2O3S/c1-16-10-12-17(13-11-16)15-26-21-9-5-2-6-18(21)23(27)22(30(26,28)29)14-25-20-8-4-3-7-19(20)24/h2-14,25H,15H2,1H3/b22-14+. The van der Waals surface area contributed by atoms with Crippen molar-refractivity contribution in [3.8, 4) is 0 Å². The molecule has 0 saturated heterocycles. The number of allylic oxidation sites excluding steroid dienone is 1. The maximum absolute atomic E-state index is 13.4. The third-order valence-electron chi connectivity index (χ3n) is 4.89. The third kappa shape index (κ3) is 3.72. The van der Waals surface area contributed by atoms with Crippen molar-refractivity contribution in [2.75, 3.05) is 9.62 Å². The van der Waals surface area contributed by atoms with Crippen LogP contribution in [-0.4, -0.2) is 14.2 Å². The van der Waals surface area contributed by atoms with Crippen molar-refractivity contribution in [1.29, 1.82) is 0 Å². The number of nitrogens with one attached hydrogen (secondary N) is 1. The normalized spacial score (nSPS) is 16.4. The minimum Gasteiger partial charge on any atom is -0.359 e. The van der Waals surface area contributed by atoms with E-state index in [9.17, 15) is 13.2 Å². The van der Waals surface area contributed by atoms with Crippen molar-refractivity contribution >= 4 is 38.8 Å². The van der Waals surface area contributed by atoms with Gasteiger partial charge < -0.3 is 5.32 Å². The van der Waals surface area contributed by atoms with E-state index in [-0.39, 0.29) is 11.4 Å². The molecule has 0 atom stereocenters. The highest BCUT2D eigenvalue weighted by Gasteiger charge is 2.40. The van der Waals surface area contributed by atoms with Crippen LogP contribution in [0.5, 0.6) is 0 Å². The molecule has 0 radical (unpaired) electrons. The first kappa shape index (κ1) is 20.2. The number of ketones is 1. The van der Waals surface area contributed by atoms with Gasteiger partial charge in [0.2, 0.25) is 5.78 Å². The van der Waals surface area contributed by atoms with E-state index >= 15 is 0 Å². The van der Waals surface area contributed by atoms with Crippen LogP contribution in [0.4, 0.5) is 11.4 Å². The van der Waals surface area contributed by atoms with Gasteiger partial charge in [0.05, 0.1) is 22.9 Å². The van der Waals surface area contributed by atoms with E-state index in [0.29, 0.717) is 22.0 Å². The zero-order valence-electron chi connectivity index (χ0n) is 16.2. The van der Waals surface area contributed by atoms with Crippen LogP contribution in [0.1, 0.15) is 21.5 Å². The van der Waals surface area contributed by atoms with Crippen molar-refractivity contribution in [2.45, 2.75) is 13.5 Å². The van der Waals surface area contributed by atoms with Crippen LogP contribution in [0.3, 0.4) is 0 Å². The number of halogens is 1. The van der Waals surface area contributed by atoms with Gasteiger partial charge >= 0.3 is 0 Å². The van der Waals surface area contributed by atoms with Gasteiger partial charge in [-0.2, -0.15) is 0 Å². The maximum Gasteiger partial charge on any atom is 0.270 e. The maximum atomic E-state index is 13.4. The number of benzene rings is 3. The molecule has 4 rings (SSSR count). The molecule has 3 aromatic carbocycles. The Balaban J connectivity index is 1.79. The zero-order valence-corrected chi connectivity index (χ0v) is 17.7. The van der Waals surface area contributed by atoms with Gasteiger partial charge in [0.25, 0.3) is 10.0 Å². The number of anilines is 2. The number of para-hydroxylation sites is 2. The first-order chi connectivity index (χ1) is 14.4. The Labute approximate surface area is 180 Å². The number of Topliss-reactive ketones (excluding diaryl/α,β-unsaturated/α-hetero) is 1. The second-order valence-corrected chi connectivity index (χ2v) is 9.21. The summed E-state index contributed by atoms with van der Waals surface area (Å²) in [4.78, 5) is 12.7. The van der Waals surface area contributed by atoms with E-state index in [1.165, 1.54) is 10.5 Å². The summed E-state index contributed by atoms with van der Waals surface area (Å²) < 4.78 is 28.1. The van der Waals surface area contributed by atoms with E-state index in [1.54, 1.807) is 48.5 Å². The summed E-state index contributed by atoms with van der Waals surface area (Å²) in [5.74, 6) is -0.551. The summed E-state index contributed by atoms with van der Waals surface area (Å²) in [6.45, 7) is 2.09. The molecule has 30 heavy (non-hydrogen) atoms. The van der Waals surface area contributed by atoms with Gasteiger partial charge in [0, 0.05) is 11.8 Å². The van der Waals surface area contributed by atoms with E-state index in [1.807, 2.05) is 31.2 Å². The van der Waals surface area contributed by atoms with Gasteiger partial charge in [-0.1, -0.05) is 65.7 Å². The Bertz CT molecular complexity index is 1250. The first-order valence-corrected chi connectivity index (χ1v) is 11.1. The summed E-state index contributed by atoms with van der Waals surface area (Å²) in [5, 5.41) is 3.29. The number of aryl methyl sites for hydroxylation is 1. The molecule has 3 aromatic rings. The van der Waals surface area contributed by atoms with Crippen molar-refractivity contribution in [1.82, 2.24) is 0 Å². The van der Waals surface area contributed by atoms with Gasteiger partial charge in [0.1, 0.15) is 0 Å². The second kappa shape index (κ2) is 7.97. The van der Waals surface area contributed by atoms with Crippen LogP contribution >= 0.6 is 11.6 Å². The lowest BCUT2D eigenvalue weighted by atomic mass is 10.1. The molecule has 7 heteroatoms. The lowest BCUT2D eigenvalue weighted by molar-refractivity contribution is 0.104. The highest BCUT2D eigenvalue weighted by molar-refractivity contribution is 7.97. The molecule has 0 fully saturated rings. The predicted octanol–water partition coefficient (Wildman–Crippen LogP) is 5.13. The lowest BCUT2D eigenvalue weighted by Crippen LogP contribution is -2.39. The zero-order chi connectivity index (χ0) is 21.3. The smallest absolute Gasteiger partial charge is 0.270 e. The molecule has 0 bridgehead atoms. The van der Waals surface area contributed by atoms with Crippen molar-refractivity contribution < 1.29 is 13.2 Å². The molecule has 0 unspecified atom stereocenters. The molecule has 0 aliphatic carbocycles. The summed E-state index contributed by atoms with van der Waals surface area (Å²) in [7, 11) is -4.08. The molecule has 5 nitrogen and oxygen atoms in total. The molecule has 0 amide bonds. The van der Waals surface area contributed by atoms with Crippen LogP contribution in [0, 0.1) is 6.92 Å². The molecule has 152 valence electrons. The number of hydrogen-bond donors (Lipinski definition) is 1. The number of fused-ring (bicyclic) bond motifs is 1. The van der Waals surface area contributed by atoms with Gasteiger partial charge in [-0.25, -0.2) is 8.42 Å². The number of rotatable bonds is 4. The fourth-order valence-electron chi connectivity index (χ4n) is 3.27. The van der Waals surface area contributed by atoms with E-state index < -0.39 is 15.8 Å². The van der Waals surface area contributed by atoms with Gasteiger partial charge in [-0.05, 0) is 36.8 Å². The number of carbonyl (C=O) groups excluding carboxylic acids is 1. The van der Waals surface area contributed by atoms with Gasteiger partial charge in [0.15, 0.2) is 4.91 Å². The summed E-state index contributed by atoms with van der Waals surface area (Å²) in [6.07, 6.45) is 1.22. The Morgan fingerprint density at radius 1 is 0.967 bits per heavy atom. The van der Waals surface area contributed by atoms with Gasteiger partial charge in [-0.3, -0.25) is 9.10 Å². The average Bonchev–Trinajstić information content (AvgIpc) is 2.73. The fourth-order valence-corrected chi connectivity index (χ4v) is 4.99. The molecule has 1 aliphatic rings. The Hall–Kier alpha value is -3.09. The molecule has 1 aliphatic heterocycles. The van der Waals surface area contributed by atoms with Crippen LogP contribution in [0.25, 0.3) is 0 Å². The Morgan fingerprint density at radius 2 is 1.63 bits per heavy atom. The molecule has 0 aromatic heterocycles. The summed E-state index contributed by atoms with van der Waals surface area (Å²) >= 11 is 6.14. The molecular weight excluding hydrogens is 420 g/mol. The minimum absolute atomic E-state index is 0.121. The molecule has 0 spiro atoms. The fraction of sp³-hybridized carbons (Fsp3) is 0.0870. The SMILES string of the molecule is Cc1ccc(CN2c3ccccc3C(=O)/C(=C\Nc3ccccc3Cl)S2(=O)=O)cc1. The van der Waals surface area contributed by atoms with Crippen molar-refractivity contribution in [3.63, 3.8) is 0 Å². The monoisotopic (exact) mass is 438 g/mol. The number of nitrogens with zero attached hydrogens (tertiary/aromatic N) is 1. The van der Waals surface area contributed by atoms with Crippen LogP contribution < -0.4 is 9.62 Å². The number of carbonyl (C=O) groups is 1. The van der Waals surface area contributed by atoms with Crippen LogP contribution in [0.2, 0.25) is 5.02 Å². The highest BCUT2D eigenvalue weighted by atomic mass is 35.5. The van der Waals surface area contributed by atoms with Gasteiger partial charge in [-0.15, -0.1) is 0 Å².